The number of rotatable bonds is 7. The first-order valence-corrected chi connectivity index (χ1v) is 24.0. The molecule has 0 spiro atoms. The van der Waals surface area contributed by atoms with Gasteiger partial charge in [-0.1, -0.05) is 232 Å². The number of hydrogen-bond donors (Lipinski definition) is 0. The summed E-state index contributed by atoms with van der Waals surface area (Å²) in [6.45, 7) is 4.82. The predicted octanol–water partition coefficient (Wildman–Crippen LogP) is 18.6. The van der Waals surface area contributed by atoms with E-state index >= 15 is 0 Å². The van der Waals surface area contributed by atoms with E-state index in [1.807, 2.05) is 0 Å². The highest BCUT2D eigenvalue weighted by atomic mass is 14.5. The van der Waals surface area contributed by atoms with Crippen LogP contribution in [0.15, 0.2) is 249 Å². The van der Waals surface area contributed by atoms with Crippen molar-refractivity contribution < 1.29 is 0 Å². The van der Waals surface area contributed by atoms with Crippen molar-refractivity contribution in [1.29, 1.82) is 0 Å². The van der Waals surface area contributed by atoms with E-state index in [2.05, 4.69) is 263 Å². The summed E-state index contributed by atoms with van der Waals surface area (Å²) in [4.78, 5) is 0. The zero-order chi connectivity index (χ0) is 45.3. The van der Waals surface area contributed by atoms with Crippen LogP contribution in [0.5, 0.6) is 0 Å². The molecule has 1 aliphatic carbocycles. The van der Waals surface area contributed by atoms with Crippen molar-refractivity contribution in [2.24, 2.45) is 5.92 Å². The number of fused-ring (bicyclic) bond motifs is 7. The van der Waals surface area contributed by atoms with E-state index in [4.69, 9.17) is 0 Å². The lowest BCUT2D eigenvalue weighted by molar-refractivity contribution is 0.447. The van der Waals surface area contributed by atoms with Gasteiger partial charge in [-0.2, -0.15) is 0 Å². The molecule has 12 aromatic carbocycles. The lowest BCUT2D eigenvalue weighted by Crippen LogP contribution is -2.33. The predicted molar refractivity (Wildman–Crippen MR) is 290 cm³/mol. The van der Waals surface area contributed by atoms with Crippen LogP contribution in [0.4, 0.5) is 0 Å². The SMILES string of the molecule is CC(C)C1(c2ccc3ccccc3c2)c2ccccc2-c2ccc(-c3c4ccccc4c(-c4ccc(-c5cc(-c6ccccc6)cc(-c6ccccc6)c5)c5ccccc45)c4ccccc34)cc21. The Kier molecular flexibility index (Phi) is 9.37. The van der Waals surface area contributed by atoms with Gasteiger partial charge in [-0.15, -0.1) is 0 Å². The standard InChI is InChI=1S/C68H48/c1-44(2)68(53-35-33-47-23-9-10-24-48(47)42-53)64-32-18-17-27-57(64)58-36-34-49(43-65(58)68)66-59-28-13-15-30-61(59)67(62-31-16-14-29-60(62)66)63-38-37-54(55-25-11-12-26-56(55)63)52-40-50(45-19-5-3-6-20-45)39-51(41-52)46-21-7-4-8-22-46/h3-44H,1-2H3. The summed E-state index contributed by atoms with van der Waals surface area (Å²) >= 11 is 0. The summed E-state index contributed by atoms with van der Waals surface area (Å²) in [6, 6.07) is 93.0. The average molecular weight is 865 g/mol. The maximum absolute atomic E-state index is 2.55. The highest BCUT2D eigenvalue weighted by Gasteiger charge is 2.47. The largest absolute Gasteiger partial charge is 0.0622 e. The van der Waals surface area contributed by atoms with Gasteiger partial charge in [0.25, 0.3) is 0 Å². The molecule has 0 radical (unpaired) electrons. The third-order valence-corrected chi connectivity index (χ3v) is 15.0. The van der Waals surface area contributed by atoms with Crippen LogP contribution in [0, 0.1) is 5.92 Å². The van der Waals surface area contributed by atoms with Crippen LogP contribution in [0.1, 0.15) is 30.5 Å². The van der Waals surface area contributed by atoms with Gasteiger partial charge >= 0.3 is 0 Å². The van der Waals surface area contributed by atoms with Crippen molar-refractivity contribution in [3.8, 4) is 66.8 Å². The van der Waals surface area contributed by atoms with Crippen LogP contribution >= 0.6 is 0 Å². The Hall–Kier alpha value is -8.32. The molecule has 1 atom stereocenters. The third kappa shape index (κ3) is 6.14. The molecule has 12 aromatic rings. The molecule has 0 aliphatic heterocycles. The van der Waals surface area contributed by atoms with E-state index in [9.17, 15) is 0 Å². The molecule has 0 bridgehead atoms. The smallest absolute Gasteiger partial charge is 0.0486 e. The van der Waals surface area contributed by atoms with E-state index in [1.165, 1.54) is 127 Å². The van der Waals surface area contributed by atoms with Crippen LogP contribution in [0.2, 0.25) is 0 Å². The van der Waals surface area contributed by atoms with Crippen LogP contribution < -0.4 is 0 Å². The Labute approximate surface area is 398 Å². The summed E-state index contributed by atoms with van der Waals surface area (Å²) in [5.41, 5.74) is 18.8. The maximum Gasteiger partial charge on any atom is 0.0486 e. The fourth-order valence-corrected chi connectivity index (χ4v) is 12.0. The highest BCUT2D eigenvalue weighted by molar-refractivity contribution is 6.24. The monoisotopic (exact) mass is 864 g/mol. The molecule has 0 saturated heterocycles. The molecule has 0 nitrogen and oxygen atoms in total. The molecule has 0 fully saturated rings. The van der Waals surface area contributed by atoms with Gasteiger partial charge in [-0.25, -0.2) is 0 Å². The van der Waals surface area contributed by atoms with Gasteiger partial charge in [0.15, 0.2) is 0 Å². The van der Waals surface area contributed by atoms with Gasteiger partial charge in [0.1, 0.15) is 0 Å². The molecule has 0 aromatic heterocycles. The molecule has 0 heteroatoms. The summed E-state index contributed by atoms with van der Waals surface area (Å²) < 4.78 is 0. The van der Waals surface area contributed by atoms with E-state index < -0.39 is 0 Å². The Morgan fingerprint density at radius 3 is 1.37 bits per heavy atom. The van der Waals surface area contributed by atoms with Crippen molar-refractivity contribution in [2.75, 3.05) is 0 Å². The summed E-state index contributed by atoms with van der Waals surface area (Å²) in [7, 11) is 0. The Balaban J connectivity index is 1.03. The van der Waals surface area contributed by atoms with E-state index in [1.54, 1.807) is 0 Å². The number of hydrogen-bond acceptors (Lipinski definition) is 0. The third-order valence-electron chi connectivity index (χ3n) is 15.0. The van der Waals surface area contributed by atoms with Crippen molar-refractivity contribution in [2.45, 2.75) is 19.3 Å². The first kappa shape index (κ1) is 40.0. The van der Waals surface area contributed by atoms with Crippen molar-refractivity contribution in [1.82, 2.24) is 0 Å². The van der Waals surface area contributed by atoms with Gasteiger partial charge in [0, 0.05) is 5.41 Å². The second-order valence-corrected chi connectivity index (χ2v) is 18.9. The molecule has 13 rings (SSSR count). The fourth-order valence-electron chi connectivity index (χ4n) is 12.0. The maximum atomic E-state index is 2.55. The molecule has 0 N–H and O–H groups in total. The lowest BCUT2D eigenvalue weighted by atomic mass is 9.64. The Bertz CT molecular complexity index is 3820. The van der Waals surface area contributed by atoms with Crippen LogP contribution in [-0.4, -0.2) is 0 Å². The Morgan fingerprint density at radius 2 is 0.735 bits per heavy atom. The minimum absolute atomic E-state index is 0.291. The number of benzene rings is 12. The highest BCUT2D eigenvalue weighted by Crippen LogP contribution is 2.58. The molecule has 320 valence electrons. The van der Waals surface area contributed by atoms with Crippen molar-refractivity contribution in [3.63, 3.8) is 0 Å². The summed E-state index contributed by atoms with van der Waals surface area (Å²) in [5.74, 6) is 0.291. The molecular formula is C68H48. The molecule has 0 saturated carbocycles. The molecule has 1 unspecified atom stereocenters. The molecule has 68 heavy (non-hydrogen) atoms. The van der Waals surface area contributed by atoms with E-state index in [-0.39, 0.29) is 5.41 Å². The van der Waals surface area contributed by atoms with Crippen molar-refractivity contribution in [3.05, 3.63) is 265 Å². The minimum Gasteiger partial charge on any atom is -0.0622 e. The van der Waals surface area contributed by atoms with Gasteiger partial charge in [0.05, 0.1) is 0 Å². The average Bonchev–Trinajstić information content (AvgIpc) is 3.71. The van der Waals surface area contributed by atoms with Gasteiger partial charge in [-0.3, -0.25) is 0 Å². The summed E-state index contributed by atoms with van der Waals surface area (Å²) in [5, 5.41) is 10.1. The van der Waals surface area contributed by atoms with Gasteiger partial charge < -0.3 is 0 Å². The second kappa shape index (κ2) is 15.9. The van der Waals surface area contributed by atoms with Crippen molar-refractivity contribution >= 4 is 43.1 Å². The second-order valence-electron chi connectivity index (χ2n) is 18.9. The summed E-state index contributed by atoms with van der Waals surface area (Å²) in [6.07, 6.45) is 0. The first-order chi connectivity index (χ1) is 33.6. The van der Waals surface area contributed by atoms with E-state index in [0.717, 1.165) is 0 Å². The van der Waals surface area contributed by atoms with Crippen LogP contribution in [0.3, 0.4) is 0 Å². The molecule has 0 heterocycles. The van der Waals surface area contributed by atoms with Crippen LogP contribution in [-0.2, 0) is 5.41 Å². The first-order valence-electron chi connectivity index (χ1n) is 24.0. The minimum atomic E-state index is -0.333. The molecular weight excluding hydrogens is 817 g/mol. The molecule has 0 amide bonds. The van der Waals surface area contributed by atoms with Crippen LogP contribution in [0.25, 0.3) is 110 Å². The topological polar surface area (TPSA) is 0 Å². The fraction of sp³-hybridized carbons (Fsp3) is 0.0588. The zero-order valence-corrected chi connectivity index (χ0v) is 38.2. The van der Waals surface area contributed by atoms with Gasteiger partial charge in [-0.05, 0) is 163 Å². The van der Waals surface area contributed by atoms with Gasteiger partial charge in [0.2, 0.25) is 0 Å². The van der Waals surface area contributed by atoms with E-state index in [0.29, 0.717) is 5.92 Å². The molecule has 1 aliphatic rings. The lowest BCUT2D eigenvalue weighted by Gasteiger charge is -2.37. The quantitative estimate of drug-likeness (QED) is 0.140. The Morgan fingerprint density at radius 1 is 0.265 bits per heavy atom. The zero-order valence-electron chi connectivity index (χ0n) is 38.2. The normalized spacial score (nSPS) is 14.2.